The summed E-state index contributed by atoms with van der Waals surface area (Å²) in [7, 11) is 0. The highest BCUT2D eigenvalue weighted by Crippen LogP contribution is 2.45. The Balaban J connectivity index is 0.00000101. The van der Waals surface area contributed by atoms with Gasteiger partial charge in [-0.1, -0.05) is 20.3 Å². The highest BCUT2D eigenvalue weighted by Gasteiger charge is 2.52. The average molecular weight is 423 g/mol. The number of amides is 1. The van der Waals surface area contributed by atoms with Gasteiger partial charge in [0.1, 0.15) is 5.82 Å². The molecule has 1 unspecified atom stereocenters. The molecule has 3 rings (SSSR count). The molecule has 0 saturated carbocycles. The molecule has 2 saturated heterocycles. The first-order valence-corrected chi connectivity index (χ1v) is 10.6. The quantitative estimate of drug-likeness (QED) is 0.574. The Morgan fingerprint density at radius 3 is 2.57 bits per heavy atom. The number of carbonyl (C=O) groups is 3. The number of H-pyrrole nitrogens is 1. The van der Waals surface area contributed by atoms with Crippen LogP contribution in [0.1, 0.15) is 51.8 Å². The van der Waals surface area contributed by atoms with Gasteiger partial charge in [0, 0.05) is 37.3 Å². The SMILES string of the molecule is CC(C)CCCC(=O)N1CC(C(=O)O)C2(CCN(Cc3ncc[nH]3)CC2)C1.O=CO. The smallest absolute Gasteiger partial charge is 0.308 e. The number of aliphatic carboxylic acids is 1. The predicted octanol–water partition coefficient (Wildman–Crippen LogP) is 2.06. The molecule has 1 atom stereocenters. The number of aromatic nitrogens is 2. The highest BCUT2D eigenvalue weighted by molar-refractivity contribution is 5.79. The van der Waals surface area contributed by atoms with Crippen molar-refractivity contribution in [3.05, 3.63) is 18.2 Å². The highest BCUT2D eigenvalue weighted by atomic mass is 16.4. The summed E-state index contributed by atoms with van der Waals surface area (Å²) < 4.78 is 0. The number of hydrogen-bond donors (Lipinski definition) is 3. The summed E-state index contributed by atoms with van der Waals surface area (Å²) in [6.07, 6.45) is 7.66. The first kappa shape index (κ1) is 23.9. The number of imidazole rings is 1. The molecule has 0 bridgehead atoms. The lowest BCUT2D eigenvalue weighted by Crippen LogP contribution is -2.46. The van der Waals surface area contributed by atoms with Crippen molar-refractivity contribution in [2.75, 3.05) is 26.2 Å². The fourth-order valence-electron chi connectivity index (χ4n) is 4.58. The molecule has 1 amide bonds. The van der Waals surface area contributed by atoms with Crippen LogP contribution >= 0.6 is 0 Å². The monoisotopic (exact) mass is 422 g/mol. The lowest BCUT2D eigenvalue weighted by Gasteiger charge is -2.41. The molecular formula is C21H34N4O5. The summed E-state index contributed by atoms with van der Waals surface area (Å²) in [6.45, 7) is 7.49. The van der Waals surface area contributed by atoms with E-state index in [0.717, 1.165) is 51.1 Å². The van der Waals surface area contributed by atoms with E-state index in [2.05, 4.69) is 28.7 Å². The summed E-state index contributed by atoms with van der Waals surface area (Å²) >= 11 is 0. The standard InChI is InChI=1S/C20H32N4O3.CH2O2/c1-15(2)4-3-5-18(25)24-12-16(19(26)27)20(14-24)6-10-23(11-7-20)13-17-21-8-9-22-17;2-1-3/h8-9,15-16H,3-7,10-14H2,1-2H3,(H,21,22)(H,26,27);1H,(H,2,3). The van der Waals surface area contributed by atoms with Crippen LogP contribution < -0.4 is 0 Å². The first-order valence-electron chi connectivity index (χ1n) is 10.6. The lowest BCUT2D eigenvalue weighted by atomic mass is 9.71. The van der Waals surface area contributed by atoms with Crippen molar-refractivity contribution >= 4 is 18.3 Å². The number of carboxylic acid groups (broad SMARTS) is 2. The molecule has 0 radical (unpaired) electrons. The normalized spacial score (nSPS) is 20.8. The number of piperidine rings is 1. The van der Waals surface area contributed by atoms with Gasteiger partial charge in [0.2, 0.25) is 5.91 Å². The van der Waals surface area contributed by atoms with E-state index < -0.39 is 11.9 Å². The summed E-state index contributed by atoms with van der Waals surface area (Å²) in [6, 6.07) is 0. The minimum absolute atomic E-state index is 0.122. The van der Waals surface area contributed by atoms with Gasteiger partial charge in [-0.05, 0) is 38.3 Å². The summed E-state index contributed by atoms with van der Waals surface area (Å²) in [5.41, 5.74) is -0.279. The summed E-state index contributed by atoms with van der Waals surface area (Å²) in [5.74, 6) is 0.447. The molecule has 9 nitrogen and oxygen atoms in total. The molecule has 1 spiro atoms. The number of likely N-dealkylation sites (tertiary alicyclic amines) is 2. The van der Waals surface area contributed by atoms with E-state index in [1.807, 2.05) is 11.1 Å². The van der Waals surface area contributed by atoms with Crippen LogP contribution in [0.25, 0.3) is 0 Å². The Morgan fingerprint density at radius 1 is 1.37 bits per heavy atom. The van der Waals surface area contributed by atoms with E-state index in [1.54, 1.807) is 6.20 Å². The molecule has 1 aromatic heterocycles. The van der Waals surface area contributed by atoms with Crippen molar-refractivity contribution in [1.29, 1.82) is 0 Å². The topological polar surface area (TPSA) is 127 Å². The minimum atomic E-state index is -0.757. The third-order valence-electron chi connectivity index (χ3n) is 6.25. The molecule has 9 heteroatoms. The van der Waals surface area contributed by atoms with Crippen molar-refractivity contribution in [2.45, 2.75) is 52.5 Å². The Morgan fingerprint density at radius 2 is 2.03 bits per heavy atom. The summed E-state index contributed by atoms with van der Waals surface area (Å²) in [4.78, 5) is 44.4. The van der Waals surface area contributed by atoms with Crippen LogP contribution in [0.15, 0.2) is 12.4 Å². The van der Waals surface area contributed by atoms with Crippen molar-refractivity contribution in [2.24, 2.45) is 17.3 Å². The second kappa shape index (κ2) is 11.1. The van der Waals surface area contributed by atoms with Gasteiger partial charge in [0.25, 0.3) is 6.47 Å². The Bertz CT molecular complexity index is 684. The Hall–Kier alpha value is -2.42. The molecule has 0 aromatic carbocycles. The number of carboxylic acids is 1. The second-order valence-electron chi connectivity index (χ2n) is 8.73. The molecule has 30 heavy (non-hydrogen) atoms. The van der Waals surface area contributed by atoms with E-state index in [4.69, 9.17) is 9.90 Å². The average Bonchev–Trinajstić information content (AvgIpc) is 3.32. The van der Waals surface area contributed by atoms with E-state index in [-0.39, 0.29) is 17.8 Å². The van der Waals surface area contributed by atoms with E-state index >= 15 is 0 Å². The number of nitrogens with zero attached hydrogens (tertiary/aromatic N) is 3. The molecule has 168 valence electrons. The maximum absolute atomic E-state index is 12.6. The number of carbonyl (C=O) groups excluding carboxylic acids is 1. The minimum Gasteiger partial charge on any atom is -0.483 e. The van der Waals surface area contributed by atoms with Crippen molar-refractivity contribution in [1.82, 2.24) is 19.8 Å². The molecule has 3 N–H and O–H groups in total. The molecule has 2 fully saturated rings. The lowest BCUT2D eigenvalue weighted by molar-refractivity contribution is -0.146. The molecule has 1 aromatic rings. The molecule has 2 aliphatic heterocycles. The zero-order valence-electron chi connectivity index (χ0n) is 17.9. The van der Waals surface area contributed by atoms with Gasteiger partial charge in [0.05, 0.1) is 12.5 Å². The maximum Gasteiger partial charge on any atom is 0.308 e. The maximum atomic E-state index is 12.6. The van der Waals surface area contributed by atoms with Gasteiger partial charge in [-0.25, -0.2) is 4.98 Å². The van der Waals surface area contributed by atoms with E-state index in [1.165, 1.54) is 0 Å². The van der Waals surface area contributed by atoms with Crippen LogP contribution in [-0.4, -0.2) is 74.5 Å². The first-order chi connectivity index (χ1) is 14.3. The zero-order valence-corrected chi connectivity index (χ0v) is 17.9. The van der Waals surface area contributed by atoms with Crippen molar-refractivity contribution < 1.29 is 24.6 Å². The molecule has 0 aliphatic carbocycles. The number of rotatable bonds is 7. The van der Waals surface area contributed by atoms with Gasteiger partial charge in [-0.3, -0.25) is 19.3 Å². The van der Waals surface area contributed by atoms with Gasteiger partial charge >= 0.3 is 5.97 Å². The summed E-state index contributed by atoms with van der Waals surface area (Å²) in [5, 5.41) is 16.7. The number of hydrogen-bond acceptors (Lipinski definition) is 5. The van der Waals surface area contributed by atoms with E-state index in [9.17, 15) is 14.7 Å². The second-order valence-corrected chi connectivity index (χ2v) is 8.73. The third kappa shape index (κ3) is 6.29. The van der Waals surface area contributed by atoms with Gasteiger partial charge in [-0.15, -0.1) is 0 Å². The molecule has 2 aliphatic rings. The van der Waals surface area contributed by atoms with Crippen LogP contribution in [-0.2, 0) is 20.9 Å². The molecule has 3 heterocycles. The van der Waals surface area contributed by atoms with Crippen LogP contribution in [0.4, 0.5) is 0 Å². The number of nitrogens with one attached hydrogen (secondary N) is 1. The van der Waals surface area contributed by atoms with Crippen molar-refractivity contribution in [3.63, 3.8) is 0 Å². The van der Waals surface area contributed by atoms with Crippen LogP contribution in [0, 0.1) is 17.3 Å². The largest absolute Gasteiger partial charge is 0.483 e. The van der Waals surface area contributed by atoms with Gasteiger partial charge in [-0.2, -0.15) is 0 Å². The van der Waals surface area contributed by atoms with Crippen molar-refractivity contribution in [3.8, 4) is 0 Å². The zero-order chi connectivity index (χ0) is 22.1. The predicted molar refractivity (Wildman–Crippen MR) is 111 cm³/mol. The fraction of sp³-hybridized carbons (Fsp3) is 0.714. The number of aromatic amines is 1. The van der Waals surface area contributed by atoms with Crippen LogP contribution in [0.3, 0.4) is 0 Å². The van der Waals surface area contributed by atoms with Gasteiger partial charge < -0.3 is 20.1 Å². The van der Waals surface area contributed by atoms with E-state index in [0.29, 0.717) is 25.4 Å². The molecular weight excluding hydrogens is 388 g/mol. The Labute approximate surface area is 177 Å². The fourth-order valence-corrected chi connectivity index (χ4v) is 4.58. The Kier molecular flexibility index (Phi) is 8.83. The van der Waals surface area contributed by atoms with Gasteiger partial charge in [0.15, 0.2) is 0 Å². The van der Waals surface area contributed by atoms with Crippen LogP contribution in [0.5, 0.6) is 0 Å². The van der Waals surface area contributed by atoms with Crippen LogP contribution in [0.2, 0.25) is 0 Å². The third-order valence-corrected chi connectivity index (χ3v) is 6.25.